The Morgan fingerprint density at radius 3 is 2.47 bits per heavy atom. The molecule has 0 aliphatic rings. The van der Waals surface area contributed by atoms with Crippen molar-refractivity contribution in [2.24, 2.45) is 0 Å². The average Bonchev–Trinajstić information content (AvgIpc) is 2.84. The summed E-state index contributed by atoms with van der Waals surface area (Å²) < 4.78 is 44.4. The second-order valence-electron chi connectivity index (χ2n) is 3.54. The molecule has 0 spiro atoms. The van der Waals surface area contributed by atoms with E-state index in [1.807, 2.05) is 0 Å². The Morgan fingerprint density at radius 1 is 1.12 bits per heavy atom. The lowest BCUT2D eigenvalue weighted by Gasteiger charge is -2.16. The fourth-order valence-electron chi connectivity index (χ4n) is 1.70. The molecular weight excluding hydrogens is 231 g/mol. The molecule has 0 fully saturated rings. The van der Waals surface area contributed by atoms with Gasteiger partial charge < -0.3 is 9.73 Å². The van der Waals surface area contributed by atoms with Crippen LogP contribution in [0.2, 0.25) is 0 Å². The van der Waals surface area contributed by atoms with Crippen LogP contribution in [0.15, 0.2) is 35.1 Å². The molecule has 1 heterocycles. The van der Waals surface area contributed by atoms with E-state index >= 15 is 0 Å². The largest absolute Gasteiger partial charge is 0.472 e. The van der Waals surface area contributed by atoms with Gasteiger partial charge in [-0.1, -0.05) is 6.07 Å². The Balaban J connectivity index is 2.49. The van der Waals surface area contributed by atoms with Crippen LogP contribution in [-0.2, 0) is 0 Å². The summed E-state index contributed by atoms with van der Waals surface area (Å²) in [6, 6.07) is 3.16. The first-order valence-corrected chi connectivity index (χ1v) is 4.98. The highest BCUT2D eigenvalue weighted by atomic mass is 19.2. The molecule has 90 valence electrons. The van der Waals surface area contributed by atoms with Gasteiger partial charge in [0.05, 0.1) is 18.6 Å². The summed E-state index contributed by atoms with van der Waals surface area (Å²) in [5.74, 6) is -3.86. The van der Waals surface area contributed by atoms with Crippen LogP contribution in [0.4, 0.5) is 13.2 Å². The lowest BCUT2D eigenvalue weighted by molar-refractivity contribution is 0.434. The van der Waals surface area contributed by atoms with Crippen LogP contribution >= 0.6 is 0 Å². The van der Waals surface area contributed by atoms with Crippen molar-refractivity contribution in [3.63, 3.8) is 0 Å². The van der Waals surface area contributed by atoms with E-state index in [0.29, 0.717) is 5.56 Å². The molecule has 0 radical (unpaired) electrons. The molecular formula is C12H10F3NO. The summed E-state index contributed by atoms with van der Waals surface area (Å²) in [5, 5.41) is 2.82. The van der Waals surface area contributed by atoms with Crippen molar-refractivity contribution in [2.45, 2.75) is 6.04 Å². The summed E-state index contributed by atoms with van der Waals surface area (Å²) >= 11 is 0. The van der Waals surface area contributed by atoms with Gasteiger partial charge in [-0.15, -0.1) is 0 Å². The van der Waals surface area contributed by atoms with E-state index in [4.69, 9.17) is 4.42 Å². The molecule has 1 N–H and O–H groups in total. The molecule has 1 unspecified atom stereocenters. The van der Waals surface area contributed by atoms with Gasteiger partial charge in [-0.05, 0) is 19.2 Å². The van der Waals surface area contributed by atoms with Crippen molar-refractivity contribution in [3.05, 3.63) is 59.3 Å². The van der Waals surface area contributed by atoms with E-state index in [0.717, 1.165) is 6.07 Å². The van der Waals surface area contributed by atoms with Crippen LogP contribution in [0.25, 0.3) is 0 Å². The molecule has 0 saturated carbocycles. The van der Waals surface area contributed by atoms with Gasteiger partial charge in [-0.2, -0.15) is 0 Å². The van der Waals surface area contributed by atoms with Crippen LogP contribution in [0.5, 0.6) is 0 Å². The fraction of sp³-hybridized carbons (Fsp3) is 0.167. The highest BCUT2D eigenvalue weighted by molar-refractivity contribution is 5.31. The van der Waals surface area contributed by atoms with E-state index in [1.165, 1.54) is 18.6 Å². The summed E-state index contributed by atoms with van der Waals surface area (Å²) in [5.41, 5.74) is 0.671. The first-order valence-electron chi connectivity index (χ1n) is 4.98. The van der Waals surface area contributed by atoms with Gasteiger partial charge in [0.25, 0.3) is 0 Å². The molecule has 1 aromatic carbocycles. The lowest BCUT2D eigenvalue weighted by atomic mass is 10.0. The zero-order valence-electron chi connectivity index (χ0n) is 9.01. The van der Waals surface area contributed by atoms with Gasteiger partial charge >= 0.3 is 0 Å². The fourth-order valence-corrected chi connectivity index (χ4v) is 1.70. The van der Waals surface area contributed by atoms with Gasteiger partial charge in [0.15, 0.2) is 17.5 Å². The SMILES string of the molecule is CNC(c1ccoc1)c1ccc(F)c(F)c1F. The van der Waals surface area contributed by atoms with Gasteiger partial charge in [-0.25, -0.2) is 13.2 Å². The molecule has 0 aliphatic carbocycles. The molecule has 0 saturated heterocycles. The Kier molecular flexibility index (Phi) is 3.19. The third-order valence-electron chi connectivity index (χ3n) is 2.54. The zero-order valence-corrected chi connectivity index (χ0v) is 9.01. The maximum Gasteiger partial charge on any atom is 0.194 e. The highest BCUT2D eigenvalue weighted by Crippen LogP contribution is 2.26. The first-order chi connectivity index (χ1) is 8.15. The van der Waals surface area contributed by atoms with Crippen LogP contribution in [0.1, 0.15) is 17.2 Å². The maximum absolute atomic E-state index is 13.6. The number of rotatable bonds is 3. The van der Waals surface area contributed by atoms with Gasteiger partial charge in [0, 0.05) is 11.1 Å². The standard InChI is InChI=1S/C12H10F3NO/c1-16-12(7-4-5-17-6-7)8-2-3-9(13)11(15)10(8)14/h2-6,12,16H,1H3. The highest BCUT2D eigenvalue weighted by Gasteiger charge is 2.21. The minimum atomic E-state index is -1.47. The van der Waals surface area contributed by atoms with Crippen LogP contribution in [0, 0.1) is 17.5 Å². The molecule has 0 aliphatic heterocycles. The van der Waals surface area contributed by atoms with Gasteiger partial charge in [0.1, 0.15) is 0 Å². The Bertz CT molecular complexity index is 511. The predicted molar refractivity (Wildman–Crippen MR) is 55.9 cm³/mol. The number of hydrogen-bond donors (Lipinski definition) is 1. The number of nitrogens with one attached hydrogen (secondary N) is 1. The normalized spacial score (nSPS) is 12.7. The van der Waals surface area contributed by atoms with E-state index in [9.17, 15) is 13.2 Å². The minimum absolute atomic E-state index is 0.0350. The number of hydrogen-bond acceptors (Lipinski definition) is 2. The van der Waals surface area contributed by atoms with Gasteiger partial charge in [-0.3, -0.25) is 0 Å². The van der Waals surface area contributed by atoms with E-state index in [-0.39, 0.29) is 5.56 Å². The summed E-state index contributed by atoms with van der Waals surface area (Å²) in [6.45, 7) is 0. The number of furan rings is 1. The summed E-state index contributed by atoms with van der Waals surface area (Å²) in [4.78, 5) is 0. The van der Waals surface area contributed by atoms with Gasteiger partial charge in [0.2, 0.25) is 0 Å². The quantitative estimate of drug-likeness (QED) is 0.835. The third kappa shape index (κ3) is 2.06. The maximum atomic E-state index is 13.6. The van der Waals surface area contributed by atoms with Crippen LogP contribution in [-0.4, -0.2) is 7.05 Å². The molecule has 0 amide bonds. The van der Waals surface area contributed by atoms with E-state index in [1.54, 1.807) is 13.1 Å². The van der Waals surface area contributed by atoms with Crippen molar-refractivity contribution in [1.82, 2.24) is 5.32 Å². The van der Waals surface area contributed by atoms with Crippen LogP contribution in [0.3, 0.4) is 0 Å². The second kappa shape index (κ2) is 4.63. The Hall–Kier alpha value is -1.75. The number of halogens is 3. The van der Waals surface area contributed by atoms with Crippen molar-refractivity contribution in [2.75, 3.05) is 7.05 Å². The van der Waals surface area contributed by atoms with E-state index < -0.39 is 23.5 Å². The second-order valence-corrected chi connectivity index (χ2v) is 3.54. The Labute approximate surface area is 96.1 Å². The molecule has 2 nitrogen and oxygen atoms in total. The monoisotopic (exact) mass is 241 g/mol. The molecule has 2 rings (SSSR count). The molecule has 0 bridgehead atoms. The molecule has 2 aromatic rings. The Morgan fingerprint density at radius 2 is 1.88 bits per heavy atom. The molecule has 5 heteroatoms. The topological polar surface area (TPSA) is 25.2 Å². The van der Waals surface area contributed by atoms with Crippen molar-refractivity contribution in [1.29, 1.82) is 0 Å². The molecule has 1 atom stereocenters. The minimum Gasteiger partial charge on any atom is -0.472 e. The van der Waals surface area contributed by atoms with Crippen molar-refractivity contribution >= 4 is 0 Å². The molecule has 1 aromatic heterocycles. The third-order valence-corrected chi connectivity index (χ3v) is 2.54. The molecule has 17 heavy (non-hydrogen) atoms. The number of benzene rings is 1. The van der Waals surface area contributed by atoms with E-state index in [2.05, 4.69) is 5.32 Å². The van der Waals surface area contributed by atoms with Crippen LogP contribution < -0.4 is 5.32 Å². The van der Waals surface area contributed by atoms with Crippen molar-refractivity contribution in [3.8, 4) is 0 Å². The first kappa shape index (κ1) is 11.7. The lowest BCUT2D eigenvalue weighted by Crippen LogP contribution is -2.19. The summed E-state index contributed by atoms with van der Waals surface area (Å²) in [7, 11) is 1.60. The predicted octanol–water partition coefficient (Wildman–Crippen LogP) is 3.01. The summed E-state index contributed by atoms with van der Waals surface area (Å²) in [6.07, 6.45) is 2.85. The van der Waals surface area contributed by atoms with Crippen molar-refractivity contribution < 1.29 is 17.6 Å². The smallest absolute Gasteiger partial charge is 0.194 e. The average molecular weight is 241 g/mol. The zero-order chi connectivity index (χ0) is 12.4.